The highest BCUT2D eigenvalue weighted by atomic mass is 15.0. The van der Waals surface area contributed by atoms with E-state index < -0.39 is 0 Å². The van der Waals surface area contributed by atoms with Gasteiger partial charge in [0.05, 0.1) is 33.4 Å². The fourth-order valence-electron chi connectivity index (χ4n) is 12.0. The second-order valence-corrected chi connectivity index (χ2v) is 15.6. The van der Waals surface area contributed by atoms with Crippen LogP contribution in [0.15, 0.2) is 133 Å². The molecule has 12 rings (SSSR count). The van der Waals surface area contributed by atoms with E-state index in [-0.39, 0.29) is 5.41 Å². The highest BCUT2D eigenvalue weighted by molar-refractivity contribution is 6.13. The van der Waals surface area contributed by atoms with E-state index in [1.807, 2.05) is 0 Å². The number of nitrogens with zero attached hydrogens (tertiary/aromatic N) is 2. The van der Waals surface area contributed by atoms with Crippen molar-refractivity contribution in [2.75, 3.05) is 0 Å². The normalized spacial score (nSPS) is 25.1. The van der Waals surface area contributed by atoms with Crippen LogP contribution in [-0.2, 0) is 5.41 Å². The van der Waals surface area contributed by atoms with Gasteiger partial charge in [0, 0.05) is 32.5 Å². The fraction of sp³-hybridized carbons (Fsp3) is 0.234. The molecule has 3 heterocycles. The van der Waals surface area contributed by atoms with Crippen LogP contribution in [0.1, 0.15) is 49.7 Å². The molecule has 1 aliphatic heterocycles. The van der Waals surface area contributed by atoms with E-state index in [1.165, 1.54) is 105 Å². The first-order valence-corrected chi connectivity index (χ1v) is 18.6. The molecule has 0 amide bonds. The summed E-state index contributed by atoms with van der Waals surface area (Å²) < 4.78 is 5.11. The second kappa shape index (κ2) is 9.54. The predicted octanol–water partition coefficient (Wildman–Crippen LogP) is 12.0. The predicted molar refractivity (Wildman–Crippen MR) is 203 cm³/mol. The molecule has 3 bridgehead atoms. The lowest BCUT2D eigenvalue weighted by Crippen LogP contribution is -2.57. The smallest absolute Gasteiger partial charge is 0.0582 e. The summed E-state index contributed by atoms with van der Waals surface area (Å²) in [5.74, 6) is 3.27. The molecule has 1 spiro atoms. The van der Waals surface area contributed by atoms with Crippen molar-refractivity contribution >= 4 is 43.6 Å². The van der Waals surface area contributed by atoms with Crippen LogP contribution in [0.2, 0.25) is 0 Å². The van der Waals surface area contributed by atoms with Crippen molar-refractivity contribution in [3.05, 3.63) is 145 Å². The van der Waals surface area contributed by atoms with E-state index in [1.54, 1.807) is 11.1 Å². The van der Waals surface area contributed by atoms with Crippen LogP contribution in [0.25, 0.3) is 66.1 Å². The summed E-state index contributed by atoms with van der Waals surface area (Å²) in [6.45, 7) is 0. The highest BCUT2D eigenvalue weighted by Gasteiger charge is 2.60. The van der Waals surface area contributed by atoms with Crippen molar-refractivity contribution in [1.82, 2.24) is 9.13 Å². The molecule has 2 heteroatoms. The number of aromatic nitrogens is 2. The molecule has 8 aromatic rings. The van der Waals surface area contributed by atoms with Gasteiger partial charge in [-0.05, 0) is 109 Å². The maximum absolute atomic E-state index is 2.64. The third-order valence-corrected chi connectivity index (χ3v) is 13.7. The van der Waals surface area contributed by atoms with Gasteiger partial charge >= 0.3 is 0 Å². The molecule has 4 aliphatic rings. The summed E-state index contributed by atoms with van der Waals surface area (Å²) in [7, 11) is 0. The molecule has 236 valence electrons. The summed E-state index contributed by atoms with van der Waals surface area (Å²) in [4.78, 5) is 0. The molecule has 3 aliphatic carbocycles. The van der Waals surface area contributed by atoms with Crippen LogP contribution < -0.4 is 0 Å². The largest absolute Gasteiger partial charge is 0.309 e. The number of hydrogen-bond donors (Lipinski definition) is 0. The quantitative estimate of drug-likeness (QED) is 0.180. The maximum atomic E-state index is 2.64. The third kappa shape index (κ3) is 3.28. The van der Waals surface area contributed by atoms with Gasteiger partial charge in [-0.2, -0.15) is 0 Å². The minimum absolute atomic E-state index is 0.131. The molecule has 0 radical (unpaired) electrons. The van der Waals surface area contributed by atoms with Gasteiger partial charge in [-0.1, -0.05) is 103 Å². The van der Waals surface area contributed by atoms with E-state index in [2.05, 4.69) is 143 Å². The number of benzene rings is 6. The van der Waals surface area contributed by atoms with Crippen molar-refractivity contribution < 1.29 is 0 Å². The monoisotopic (exact) mass is 630 g/mol. The number of hydrogen-bond acceptors (Lipinski definition) is 0. The topological polar surface area (TPSA) is 9.86 Å². The van der Waals surface area contributed by atoms with Gasteiger partial charge < -0.3 is 9.13 Å². The lowest BCUT2D eigenvalue weighted by atomic mass is 9.42. The Morgan fingerprint density at radius 1 is 0.490 bits per heavy atom. The molecule has 0 N–H and O–H groups in total. The summed E-state index contributed by atoms with van der Waals surface area (Å²) in [6.07, 6.45) is 8.51. The zero-order valence-electron chi connectivity index (χ0n) is 27.6. The molecule has 49 heavy (non-hydrogen) atoms. The van der Waals surface area contributed by atoms with Crippen molar-refractivity contribution in [2.45, 2.75) is 43.9 Å². The summed E-state index contributed by atoms with van der Waals surface area (Å²) >= 11 is 0. The van der Waals surface area contributed by atoms with Crippen LogP contribution >= 0.6 is 0 Å². The Bertz CT molecular complexity index is 2610. The Labute approximate surface area is 286 Å². The summed E-state index contributed by atoms with van der Waals surface area (Å²) in [5.41, 5.74) is 13.8. The maximum Gasteiger partial charge on any atom is 0.0582 e. The van der Waals surface area contributed by atoms with Gasteiger partial charge in [0.15, 0.2) is 0 Å². The van der Waals surface area contributed by atoms with E-state index in [9.17, 15) is 0 Å². The van der Waals surface area contributed by atoms with Crippen molar-refractivity contribution in [3.8, 4) is 22.5 Å². The Hall–Kier alpha value is -5.08. The van der Waals surface area contributed by atoms with E-state index in [4.69, 9.17) is 0 Å². The Kier molecular flexibility index (Phi) is 5.22. The zero-order chi connectivity index (χ0) is 31.8. The first-order chi connectivity index (χ1) is 24.3. The summed E-state index contributed by atoms with van der Waals surface area (Å²) in [6, 6.07) is 50.8. The van der Waals surface area contributed by atoms with Gasteiger partial charge in [0.1, 0.15) is 0 Å². The molecular weight excluding hydrogens is 593 g/mol. The number of rotatable bonds is 2. The van der Waals surface area contributed by atoms with E-state index in [0.717, 1.165) is 23.7 Å². The standard InChI is InChI=1S/C47H38N2/c1-5-16-41(48-42-17-6-2-11-34(42)35-12-3-7-18-43(35)48)33(10-1)31-23-25-44-37(28-31)36-13-9-15-39-46(36)49(44)45-19-8-4-14-38(45)47(39)32-24-22-30-21-20-29(26-32)27-40(30)47/h1-19,23,25,28-30,32,40H,20-22,24,26-27H2. The van der Waals surface area contributed by atoms with Gasteiger partial charge in [0.2, 0.25) is 0 Å². The van der Waals surface area contributed by atoms with Crippen molar-refractivity contribution in [2.24, 2.45) is 23.7 Å². The molecular formula is C47H38N2. The van der Waals surface area contributed by atoms with Crippen LogP contribution in [0.3, 0.4) is 0 Å². The Morgan fingerprint density at radius 2 is 1.16 bits per heavy atom. The molecule has 5 atom stereocenters. The van der Waals surface area contributed by atoms with E-state index >= 15 is 0 Å². The number of para-hydroxylation sites is 5. The molecule has 5 unspecified atom stereocenters. The van der Waals surface area contributed by atoms with Crippen molar-refractivity contribution in [3.63, 3.8) is 0 Å². The van der Waals surface area contributed by atoms with E-state index in [0.29, 0.717) is 0 Å². The number of fused-ring (bicyclic) bond motifs is 9. The van der Waals surface area contributed by atoms with Gasteiger partial charge in [0.25, 0.3) is 0 Å². The molecule has 3 saturated carbocycles. The SMILES string of the molecule is c1ccc(-n2c3ccccc3c3ccccc32)c(-c2ccc3c(c2)c2cccc4c2n3-c2ccccc2C42C3CCC4CCC(C3)CC42)c1. The Morgan fingerprint density at radius 3 is 2.02 bits per heavy atom. The average Bonchev–Trinajstić information content (AvgIpc) is 3.66. The molecule has 6 aromatic carbocycles. The van der Waals surface area contributed by atoms with Crippen LogP contribution in [0.5, 0.6) is 0 Å². The second-order valence-electron chi connectivity index (χ2n) is 15.6. The minimum Gasteiger partial charge on any atom is -0.309 e. The Balaban J connectivity index is 1.13. The zero-order valence-corrected chi connectivity index (χ0v) is 27.6. The highest BCUT2D eigenvalue weighted by Crippen LogP contribution is 2.67. The summed E-state index contributed by atoms with van der Waals surface area (Å²) in [5, 5.41) is 5.36. The minimum atomic E-state index is 0.131. The van der Waals surface area contributed by atoms with Crippen molar-refractivity contribution in [1.29, 1.82) is 0 Å². The first kappa shape index (κ1) is 26.8. The first-order valence-electron chi connectivity index (χ1n) is 18.6. The lowest BCUT2D eigenvalue weighted by molar-refractivity contribution is -0.0341. The van der Waals surface area contributed by atoms with Crippen LogP contribution in [0, 0.1) is 23.7 Å². The fourth-order valence-corrected chi connectivity index (χ4v) is 12.0. The van der Waals surface area contributed by atoms with Gasteiger partial charge in [-0.15, -0.1) is 0 Å². The van der Waals surface area contributed by atoms with Gasteiger partial charge in [-0.3, -0.25) is 0 Å². The van der Waals surface area contributed by atoms with Gasteiger partial charge in [-0.25, -0.2) is 0 Å². The molecule has 0 saturated heterocycles. The lowest BCUT2D eigenvalue weighted by Gasteiger charge is -2.62. The van der Waals surface area contributed by atoms with Crippen LogP contribution in [-0.4, -0.2) is 9.13 Å². The van der Waals surface area contributed by atoms with Crippen LogP contribution in [0.4, 0.5) is 0 Å². The average molecular weight is 631 g/mol. The molecule has 2 nitrogen and oxygen atoms in total. The third-order valence-electron chi connectivity index (χ3n) is 13.7. The molecule has 3 fully saturated rings. The molecule has 2 aromatic heterocycles.